The number of methoxy groups -OCH3 is 1. The number of hydrogen-bond acceptors (Lipinski definition) is 2. The molecular weight excluding hydrogens is 172 g/mol. The Kier molecular flexibility index (Phi) is 8.07. The maximum absolute atomic E-state index is 5.47. The summed E-state index contributed by atoms with van der Waals surface area (Å²) in [6.07, 6.45) is 3.87. The Balaban J connectivity index is 3.53. The molecule has 0 saturated heterocycles. The molecule has 0 spiro atoms. The van der Waals surface area contributed by atoms with Gasteiger partial charge in [0.05, 0.1) is 0 Å². The SMILES string of the molecule is CCCC([S])OC(CCC)OC. The quantitative estimate of drug-likeness (QED) is 0.576. The van der Waals surface area contributed by atoms with Gasteiger partial charge >= 0.3 is 0 Å². The summed E-state index contributed by atoms with van der Waals surface area (Å²) in [7, 11) is 1.66. The largest absolute Gasteiger partial charge is 0.356 e. The summed E-state index contributed by atoms with van der Waals surface area (Å²) in [5, 5.41) is 0. The standard InChI is InChI=1S/C9H19O2S/c1-4-6-8(10-3)11-9(12)7-5-2/h8-9H,4-7H2,1-3H3. The van der Waals surface area contributed by atoms with E-state index < -0.39 is 0 Å². The molecule has 0 bridgehead atoms. The molecule has 0 saturated carbocycles. The highest BCUT2D eigenvalue weighted by Crippen LogP contribution is 2.12. The highest BCUT2D eigenvalue weighted by atomic mass is 32.1. The van der Waals surface area contributed by atoms with Crippen molar-refractivity contribution < 1.29 is 9.47 Å². The first-order chi connectivity index (χ1) is 5.74. The second kappa shape index (κ2) is 7.90. The smallest absolute Gasteiger partial charge is 0.158 e. The van der Waals surface area contributed by atoms with E-state index in [0.29, 0.717) is 0 Å². The Hall–Kier alpha value is 0.270. The molecular formula is C9H19O2S. The molecule has 0 fully saturated rings. The van der Waals surface area contributed by atoms with E-state index in [4.69, 9.17) is 22.1 Å². The molecule has 3 heteroatoms. The summed E-state index contributed by atoms with van der Waals surface area (Å²) in [4.78, 5) is 0. The first-order valence-electron chi connectivity index (χ1n) is 4.58. The Morgan fingerprint density at radius 2 is 1.75 bits per heavy atom. The fourth-order valence-electron chi connectivity index (χ4n) is 0.950. The van der Waals surface area contributed by atoms with Crippen LogP contribution in [0, 0.1) is 0 Å². The van der Waals surface area contributed by atoms with E-state index >= 15 is 0 Å². The van der Waals surface area contributed by atoms with Crippen molar-refractivity contribution in [1.82, 2.24) is 0 Å². The number of hydrogen-bond donors (Lipinski definition) is 0. The predicted molar refractivity (Wildman–Crippen MR) is 53.1 cm³/mol. The van der Waals surface area contributed by atoms with Crippen LogP contribution in [0.4, 0.5) is 0 Å². The van der Waals surface area contributed by atoms with Gasteiger partial charge in [0.1, 0.15) is 5.44 Å². The van der Waals surface area contributed by atoms with E-state index in [1.54, 1.807) is 7.11 Å². The maximum Gasteiger partial charge on any atom is 0.158 e. The molecule has 0 aromatic heterocycles. The van der Waals surface area contributed by atoms with Crippen molar-refractivity contribution in [2.45, 2.75) is 51.3 Å². The Labute approximate surface area is 81.0 Å². The molecule has 2 atom stereocenters. The van der Waals surface area contributed by atoms with E-state index in [2.05, 4.69) is 13.8 Å². The minimum absolute atomic E-state index is 0.0912. The lowest BCUT2D eigenvalue weighted by Gasteiger charge is -2.19. The molecule has 2 nitrogen and oxygen atoms in total. The number of rotatable bonds is 7. The maximum atomic E-state index is 5.47. The van der Waals surface area contributed by atoms with Crippen LogP contribution in [0.25, 0.3) is 0 Å². The summed E-state index contributed by atoms with van der Waals surface area (Å²) in [5.41, 5.74) is -0.0912. The molecule has 0 aliphatic heterocycles. The fraction of sp³-hybridized carbons (Fsp3) is 1.00. The van der Waals surface area contributed by atoms with Crippen LogP contribution in [0.1, 0.15) is 39.5 Å². The van der Waals surface area contributed by atoms with Crippen molar-refractivity contribution >= 4 is 12.6 Å². The Morgan fingerprint density at radius 3 is 2.17 bits per heavy atom. The normalized spacial score (nSPS) is 16.0. The van der Waals surface area contributed by atoms with Crippen LogP contribution in [0.3, 0.4) is 0 Å². The zero-order valence-electron chi connectivity index (χ0n) is 8.21. The van der Waals surface area contributed by atoms with Gasteiger partial charge in [-0.3, -0.25) is 0 Å². The second-order valence-electron chi connectivity index (χ2n) is 2.81. The number of ether oxygens (including phenoxy) is 2. The first-order valence-corrected chi connectivity index (χ1v) is 5.05. The zero-order valence-corrected chi connectivity index (χ0v) is 9.02. The summed E-state index contributed by atoms with van der Waals surface area (Å²) < 4.78 is 10.6. The molecule has 0 aliphatic carbocycles. The third-order valence-corrected chi connectivity index (χ3v) is 1.96. The van der Waals surface area contributed by atoms with Crippen LogP contribution in [-0.2, 0) is 9.47 Å². The molecule has 73 valence electrons. The van der Waals surface area contributed by atoms with E-state index in [9.17, 15) is 0 Å². The van der Waals surface area contributed by atoms with Crippen molar-refractivity contribution in [2.75, 3.05) is 7.11 Å². The fourth-order valence-corrected chi connectivity index (χ4v) is 1.31. The summed E-state index contributed by atoms with van der Waals surface area (Å²) in [5.74, 6) is 0. The lowest BCUT2D eigenvalue weighted by molar-refractivity contribution is -0.137. The highest BCUT2D eigenvalue weighted by molar-refractivity contribution is 7.80. The van der Waals surface area contributed by atoms with Crippen molar-refractivity contribution in [2.24, 2.45) is 0 Å². The van der Waals surface area contributed by atoms with Gasteiger partial charge in [0, 0.05) is 7.11 Å². The molecule has 0 N–H and O–H groups in total. The van der Waals surface area contributed by atoms with E-state index in [1.807, 2.05) is 0 Å². The summed E-state index contributed by atoms with van der Waals surface area (Å²) >= 11 is 5.09. The van der Waals surface area contributed by atoms with Gasteiger partial charge in [-0.2, -0.15) is 0 Å². The van der Waals surface area contributed by atoms with Crippen molar-refractivity contribution in [3.63, 3.8) is 0 Å². The first kappa shape index (κ1) is 12.3. The lowest BCUT2D eigenvalue weighted by Crippen LogP contribution is -2.20. The lowest BCUT2D eigenvalue weighted by atomic mass is 10.3. The molecule has 0 aromatic carbocycles. The van der Waals surface area contributed by atoms with Crippen LogP contribution in [0.2, 0.25) is 0 Å². The van der Waals surface area contributed by atoms with Gasteiger partial charge in [0.2, 0.25) is 0 Å². The average molecular weight is 191 g/mol. The Bertz CT molecular complexity index is 98.5. The van der Waals surface area contributed by atoms with Gasteiger partial charge in [-0.15, -0.1) is 0 Å². The molecule has 12 heavy (non-hydrogen) atoms. The highest BCUT2D eigenvalue weighted by Gasteiger charge is 2.11. The second-order valence-corrected chi connectivity index (χ2v) is 3.33. The van der Waals surface area contributed by atoms with Crippen molar-refractivity contribution in [1.29, 1.82) is 0 Å². The van der Waals surface area contributed by atoms with Gasteiger partial charge in [-0.25, -0.2) is 0 Å². The Morgan fingerprint density at radius 1 is 1.17 bits per heavy atom. The van der Waals surface area contributed by atoms with E-state index in [1.165, 1.54) is 0 Å². The molecule has 0 heterocycles. The van der Waals surface area contributed by atoms with E-state index in [-0.39, 0.29) is 11.7 Å². The molecule has 0 amide bonds. The van der Waals surface area contributed by atoms with Gasteiger partial charge in [-0.05, 0) is 12.8 Å². The van der Waals surface area contributed by atoms with Gasteiger partial charge in [0.25, 0.3) is 0 Å². The van der Waals surface area contributed by atoms with Gasteiger partial charge in [0.15, 0.2) is 6.29 Å². The van der Waals surface area contributed by atoms with Crippen molar-refractivity contribution in [3.05, 3.63) is 0 Å². The average Bonchev–Trinajstić information content (AvgIpc) is 2.04. The van der Waals surface area contributed by atoms with Gasteiger partial charge < -0.3 is 9.47 Å². The van der Waals surface area contributed by atoms with Crippen LogP contribution < -0.4 is 0 Å². The molecule has 0 aliphatic rings. The topological polar surface area (TPSA) is 18.5 Å². The minimum Gasteiger partial charge on any atom is -0.356 e. The van der Waals surface area contributed by atoms with Crippen LogP contribution in [0.15, 0.2) is 0 Å². The zero-order chi connectivity index (χ0) is 9.40. The summed E-state index contributed by atoms with van der Waals surface area (Å²) in [6, 6.07) is 0. The van der Waals surface area contributed by atoms with Crippen LogP contribution >= 0.6 is 12.6 Å². The molecule has 2 unspecified atom stereocenters. The summed E-state index contributed by atoms with van der Waals surface area (Å²) in [6.45, 7) is 4.21. The van der Waals surface area contributed by atoms with Gasteiger partial charge in [-0.1, -0.05) is 39.3 Å². The van der Waals surface area contributed by atoms with Crippen LogP contribution in [0.5, 0.6) is 0 Å². The molecule has 0 aromatic rings. The van der Waals surface area contributed by atoms with Crippen molar-refractivity contribution in [3.8, 4) is 0 Å². The molecule has 1 radical (unpaired) electrons. The minimum atomic E-state index is -0.107. The molecule has 0 rings (SSSR count). The third-order valence-electron chi connectivity index (χ3n) is 1.62. The third kappa shape index (κ3) is 5.86. The van der Waals surface area contributed by atoms with E-state index in [0.717, 1.165) is 25.7 Å². The monoisotopic (exact) mass is 191 g/mol. The van der Waals surface area contributed by atoms with Crippen LogP contribution in [-0.4, -0.2) is 18.8 Å². The predicted octanol–water partition coefficient (Wildman–Crippen LogP) is 3.10.